The van der Waals surface area contributed by atoms with Crippen molar-refractivity contribution in [2.75, 3.05) is 13.2 Å². The van der Waals surface area contributed by atoms with E-state index < -0.39 is 0 Å². The molecule has 3 nitrogen and oxygen atoms in total. The van der Waals surface area contributed by atoms with E-state index in [1.54, 1.807) is 4.90 Å². The lowest BCUT2D eigenvalue weighted by Crippen LogP contribution is -2.38. The fraction of sp³-hybridized carbons (Fsp3) is 0.667. The highest BCUT2D eigenvalue weighted by Gasteiger charge is 2.29. The van der Waals surface area contributed by atoms with Crippen LogP contribution in [-0.4, -0.2) is 30.2 Å². The molecular weight excluding hydrogens is 154 g/mol. The van der Waals surface area contributed by atoms with Crippen LogP contribution in [-0.2, 0) is 4.74 Å². The summed E-state index contributed by atoms with van der Waals surface area (Å²) in [5.74, 6) is 2.88. The summed E-state index contributed by atoms with van der Waals surface area (Å²) in [6, 6.07) is -0.125. The van der Waals surface area contributed by atoms with E-state index in [2.05, 4.69) is 5.92 Å². The smallest absolute Gasteiger partial charge is 0.410 e. The molecule has 0 radical (unpaired) electrons. The zero-order chi connectivity index (χ0) is 9.14. The number of amides is 1. The molecule has 1 heterocycles. The molecule has 12 heavy (non-hydrogen) atoms. The van der Waals surface area contributed by atoms with Gasteiger partial charge in [0.2, 0.25) is 0 Å². The molecule has 0 N–H and O–H groups in total. The van der Waals surface area contributed by atoms with Gasteiger partial charge in [0.1, 0.15) is 6.61 Å². The second kappa shape index (κ2) is 3.48. The Hall–Kier alpha value is -1.17. The Morgan fingerprint density at radius 1 is 1.67 bits per heavy atom. The van der Waals surface area contributed by atoms with Gasteiger partial charge in [-0.2, -0.15) is 0 Å². The molecule has 0 aromatic carbocycles. The van der Waals surface area contributed by atoms with Crippen molar-refractivity contribution >= 4 is 6.09 Å². The highest BCUT2D eigenvalue weighted by molar-refractivity contribution is 5.70. The van der Waals surface area contributed by atoms with Crippen LogP contribution in [0.1, 0.15) is 13.8 Å². The van der Waals surface area contributed by atoms with E-state index in [0.29, 0.717) is 13.2 Å². The summed E-state index contributed by atoms with van der Waals surface area (Å²) in [6.07, 6.45) is 5.03. The lowest BCUT2D eigenvalue weighted by atomic mass is 10.0. The van der Waals surface area contributed by atoms with Gasteiger partial charge in [0.15, 0.2) is 0 Å². The van der Waals surface area contributed by atoms with E-state index in [1.165, 1.54) is 0 Å². The van der Waals surface area contributed by atoms with Crippen LogP contribution in [0.4, 0.5) is 4.79 Å². The highest BCUT2D eigenvalue weighted by Crippen LogP contribution is 2.14. The molecular formula is C9H13NO2. The average Bonchev–Trinajstić information content (AvgIpc) is 2.38. The summed E-state index contributed by atoms with van der Waals surface area (Å²) >= 11 is 0. The van der Waals surface area contributed by atoms with E-state index in [-0.39, 0.29) is 18.1 Å². The minimum absolute atomic E-state index is 0.125. The molecule has 1 aliphatic rings. The Morgan fingerprint density at radius 2 is 2.33 bits per heavy atom. The van der Waals surface area contributed by atoms with Crippen molar-refractivity contribution in [3.05, 3.63) is 0 Å². The Bertz CT molecular complexity index is 217. The first kappa shape index (κ1) is 8.92. The third-order valence-corrected chi connectivity index (χ3v) is 1.93. The summed E-state index contributed by atoms with van der Waals surface area (Å²) in [5.41, 5.74) is 0. The Labute approximate surface area is 72.7 Å². The third kappa shape index (κ3) is 1.53. The van der Waals surface area contributed by atoms with E-state index in [9.17, 15) is 4.79 Å². The molecule has 1 aliphatic heterocycles. The first-order valence-corrected chi connectivity index (χ1v) is 4.06. The number of carbonyl (C=O) groups excluding carboxylic acids is 1. The number of hydrogen-bond acceptors (Lipinski definition) is 2. The number of ether oxygens (including phenoxy) is 1. The van der Waals surface area contributed by atoms with Crippen LogP contribution in [0, 0.1) is 18.3 Å². The van der Waals surface area contributed by atoms with Crippen molar-refractivity contribution in [1.29, 1.82) is 0 Å². The van der Waals surface area contributed by atoms with Crippen molar-refractivity contribution in [3.63, 3.8) is 0 Å². The molecule has 1 fully saturated rings. The van der Waals surface area contributed by atoms with Gasteiger partial charge in [-0.3, -0.25) is 4.90 Å². The molecule has 1 rings (SSSR count). The van der Waals surface area contributed by atoms with E-state index in [0.717, 1.165) is 0 Å². The van der Waals surface area contributed by atoms with Crippen LogP contribution >= 0.6 is 0 Å². The lowest BCUT2D eigenvalue weighted by molar-refractivity contribution is 0.148. The maximum absolute atomic E-state index is 11.1. The van der Waals surface area contributed by atoms with Crippen LogP contribution in [0.3, 0.4) is 0 Å². The summed E-state index contributed by atoms with van der Waals surface area (Å²) in [7, 11) is 0. The number of cyclic esters (lactones) is 1. The minimum atomic E-state index is -0.286. The van der Waals surface area contributed by atoms with Gasteiger partial charge in [-0.25, -0.2) is 4.79 Å². The molecule has 0 bridgehead atoms. The molecule has 0 aromatic rings. The zero-order valence-electron chi connectivity index (χ0n) is 7.41. The summed E-state index contributed by atoms with van der Waals surface area (Å²) in [6.45, 7) is 5.07. The molecule has 3 heteroatoms. The number of rotatable bonds is 2. The van der Waals surface area contributed by atoms with Crippen LogP contribution in [0.2, 0.25) is 0 Å². The monoisotopic (exact) mass is 167 g/mol. The van der Waals surface area contributed by atoms with Crippen molar-refractivity contribution in [2.24, 2.45) is 5.92 Å². The molecule has 0 spiro atoms. The summed E-state index contributed by atoms with van der Waals surface area (Å²) in [5, 5.41) is 0. The van der Waals surface area contributed by atoms with Crippen molar-refractivity contribution in [2.45, 2.75) is 19.9 Å². The molecule has 1 amide bonds. The highest BCUT2D eigenvalue weighted by atomic mass is 16.6. The number of terminal acetylenes is 1. The topological polar surface area (TPSA) is 29.5 Å². The van der Waals surface area contributed by atoms with Crippen molar-refractivity contribution in [1.82, 2.24) is 4.90 Å². The third-order valence-electron chi connectivity index (χ3n) is 1.93. The van der Waals surface area contributed by atoms with Gasteiger partial charge in [-0.15, -0.1) is 6.42 Å². The predicted octanol–water partition coefficient (Wildman–Crippen LogP) is 1.10. The fourth-order valence-electron chi connectivity index (χ4n) is 1.30. The number of nitrogens with zero attached hydrogens (tertiary/aromatic N) is 1. The van der Waals surface area contributed by atoms with Crippen molar-refractivity contribution in [3.8, 4) is 12.3 Å². The minimum Gasteiger partial charge on any atom is -0.447 e. The molecule has 0 saturated carbocycles. The first-order chi connectivity index (χ1) is 5.66. The molecule has 66 valence electrons. The average molecular weight is 167 g/mol. The summed E-state index contributed by atoms with van der Waals surface area (Å²) in [4.78, 5) is 12.7. The van der Waals surface area contributed by atoms with Crippen molar-refractivity contribution < 1.29 is 9.53 Å². The van der Waals surface area contributed by atoms with E-state index >= 15 is 0 Å². The second-order valence-corrected chi connectivity index (χ2v) is 3.16. The quantitative estimate of drug-likeness (QED) is 0.576. The van der Waals surface area contributed by atoms with Gasteiger partial charge in [0, 0.05) is 0 Å². The molecule has 1 atom stereocenters. The lowest BCUT2D eigenvalue weighted by Gasteiger charge is -2.23. The zero-order valence-corrected chi connectivity index (χ0v) is 7.41. The maximum atomic E-state index is 11.1. The largest absolute Gasteiger partial charge is 0.447 e. The molecule has 1 saturated heterocycles. The standard InChI is InChI=1S/C9H13NO2/c1-4-8(7(2)3)10-5-6-12-9(10)11/h1,7-8H,5-6H2,2-3H3. The van der Waals surface area contributed by atoms with Gasteiger partial charge < -0.3 is 4.74 Å². The predicted molar refractivity (Wildman–Crippen MR) is 45.5 cm³/mol. The Balaban J connectivity index is 2.67. The van der Waals surface area contributed by atoms with Gasteiger partial charge in [-0.05, 0) is 5.92 Å². The normalized spacial score (nSPS) is 19.2. The van der Waals surface area contributed by atoms with Gasteiger partial charge >= 0.3 is 6.09 Å². The number of carbonyl (C=O) groups is 1. The van der Waals surface area contributed by atoms with Crippen LogP contribution in [0.5, 0.6) is 0 Å². The van der Waals surface area contributed by atoms with Crippen LogP contribution < -0.4 is 0 Å². The van der Waals surface area contributed by atoms with E-state index in [1.807, 2.05) is 13.8 Å². The van der Waals surface area contributed by atoms with Gasteiger partial charge in [0.05, 0.1) is 12.6 Å². The Kier molecular flexibility index (Phi) is 2.59. The summed E-state index contributed by atoms with van der Waals surface area (Å²) < 4.78 is 4.79. The molecule has 0 aliphatic carbocycles. The second-order valence-electron chi connectivity index (χ2n) is 3.16. The first-order valence-electron chi connectivity index (χ1n) is 4.06. The SMILES string of the molecule is C#CC(C(C)C)N1CCOC1=O. The van der Waals surface area contributed by atoms with Gasteiger partial charge in [-0.1, -0.05) is 19.8 Å². The fourth-order valence-corrected chi connectivity index (χ4v) is 1.30. The van der Waals surface area contributed by atoms with Gasteiger partial charge in [0.25, 0.3) is 0 Å². The number of hydrogen-bond donors (Lipinski definition) is 0. The van der Waals surface area contributed by atoms with E-state index in [4.69, 9.17) is 11.2 Å². The molecule has 1 unspecified atom stereocenters. The van der Waals surface area contributed by atoms with Crippen LogP contribution in [0.25, 0.3) is 0 Å². The Morgan fingerprint density at radius 3 is 2.67 bits per heavy atom. The van der Waals surface area contributed by atoms with Crippen LogP contribution in [0.15, 0.2) is 0 Å². The maximum Gasteiger partial charge on any atom is 0.410 e. The molecule has 0 aromatic heterocycles.